The Hall–Kier alpha value is -3.19. The molecule has 3 amide bonds. The van der Waals surface area contributed by atoms with E-state index < -0.39 is 0 Å². The fourth-order valence-corrected chi connectivity index (χ4v) is 3.54. The second-order valence-electron chi connectivity index (χ2n) is 8.15. The maximum absolute atomic E-state index is 12.6. The van der Waals surface area contributed by atoms with Crippen molar-refractivity contribution >= 4 is 23.4 Å². The number of hydrogen-bond acceptors (Lipinski definition) is 4. The number of piperazine rings is 1. The Morgan fingerprint density at radius 3 is 2.29 bits per heavy atom. The summed E-state index contributed by atoms with van der Waals surface area (Å²) in [6, 6.07) is 15.0. The Morgan fingerprint density at radius 1 is 0.968 bits per heavy atom. The average Bonchev–Trinajstić information content (AvgIpc) is 2.75. The van der Waals surface area contributed by atoms with Gasteiger partial charge in [-0.25, -0.2) is 0 Å². The van der Waals surface area contributed by atoms with Gasteiger partial charge in [-0.1, -0.05) is 35.9 Å². The van der Waals surface area contributed by atoms with Crippen LogP contribution in [0.3, 0.4) is 0 Å². The Labute approximate surface area is 183 Å². The lowest BCUT2D eigenvalue weighted by molar-refractivity contribution is -0.132. The summed E-state index contributed by atoms with van der Waals surface area (Å²) in [5, 5.41) is 2.86. The number of hydrogen-bond donors (Lipinski definition) is 1. The highest BCUT2D eigenvalue weighted by atomic mass is 16.2. The molecule has 1 aliphatic rings. The zero-order valence-corrected chi connectivity index (χ0v) is 18.4. The quantitative estimate of drug-likeness (QED) is 0.773. The van der Waals surface area contributed by atoms with E-state index in [9.17, 15) is 14.4 Å². The molecular formula is C24H30N4O3. The van der Waals surface area contributed by atoms with E-state index in [2.05, 4.69) is 5.32 Å². The van der Waals surface area contributed by atoms with Crippen molar-refractivity contribution in [3.63, 3.8) is 0 Å². The topological polar surface area (TPSA) is 73.0 Å². The van der Waals surface area contributed by atoms with Gasteiger partial charge in [-0.15, -0.1) is 0 Å². The first-order valence-corrected chi connectivity index (χ1v) is 10.5. The van der Waals surface area contributed by atoms with Crippen molar-refractivity contribution in [3.05, 3.63) is 65.2 Å². The van der Waals surface area contributed by atoms with Gasteiger partial charge in [0.2, 0.25) is 11.8 Å². The van der Waals surface area contributed by atoms with E-state index in [1.165, 1.54) is 10.5 Å². The summed E-state index contributed by atoms with van der Waals surface area (Å²) >= 11 is 0. The van der Waals surface area contributed by atoms with Crippen LogP contribution in [0.2, 0.25) is 0 Å². The van der Waals surface area contributed by atoms with Gasteiger partial charge in [-0.2, -0.15) is 0 Å². The minimum absolute atomic E-state index is 0.109. The minimum Gasteiger partial charge on any atom is -0.345 e. The minimum atomic E-state index is -0.131. The molecule has 1 saturated heterocycles. The molecule has 1 N–H and O–H groups in total. The predicted molar refractivity (Wildman–Crippen MR) is 121 cm³/mol. The van der Waals surface area contributed by atoms with Gasteiger partial charge < -0.3 is 15.1 Å². The van der Waals surface area contributed by atoms with Crippen molar-refractivity contribution in [3.8, 4) is 0 Å². The first-order chi connectivity index (χ1) is 14.8. The van der Waals surface area contributed by atoms with Crippen LogP contribution in [-0.2, 0) is 16.0 Å². The van der Waals surface area contributed by atoms with Crippen LogP contribution in [0, 0.1) is 6.92 Å². The fourth-order valence-electron chi connectivity index (χ4n) is 3.54. The molecule has 0 atom stereocenters. The molecule has 1 aliphatic heterocycles. The Kier molecular flexibility index (Phi) is 7.41. The van der Waals surface area contributed by atoms with Gasteiger partial charge in [0.05, 0.1) is 13.0 Å². The smallest absolute Gasteiger partial charge is 0.253 e. The lowest BCUT2D eigenvalue weighted by atomic mass is 10.1. The Morgan fingerprint density at radius 2 is 1.65 bits per heavy atom. The summed E-state index contributed by atoms with van der Waals surface area (Å²) in [5.74, 6) is -0.119. The van der Waals surface area contributed by atoms with E-state index in [1.54, 1.807) is 38.4 Å². The number of anilines is 1. The van der Waals surface area contributed by atoms with Crippen LogP contribution in [0.4, 0.5) is 5.69 Å². The van der Waals surface area contributed by atoms with Crippen molar-refractivity contribution in [2.45, 2.75) is 13.3 Å². The van der Waals surface area contributed by atoms with Gasteiger partial charge in [0, 0.05) is 51.5 Å². The molecule has 0 aliphatic carbocycles. The van der Waals surface area contributed by atoms with Crippen molar-refractivity contribution < 1.29 is 14.4 Å². The zero-order chi connectivity index (χ0) is 22.4. The van der Waals surface area contributed by atoms with Crippen LogP contribution in [0.5, 0.6) is 0 Å². The molecule has 164 valence electrons. The third-order valence-electron chi connectivity index (χ3n) is 5.37. The fraction of sp³-hybridized carbons (Fsp3) is 0.375. The zero-order valence-electron chi connectivity index (χ0n) is 18.4. The van der Waals surface area contributed by atoms with Crippen LogP contribution in [0.1, 0.15) is 21.5 Å². The maximum atomic E-state index is 12.6. The molecule has 2 aromatic carbocycles. The number of carbonyl (C=O) groups excluding carboxylic acids is 3. The van der Waals surface area contributed by atoms with Crippen LogP contribution in [0.25, 0.3) is 0 Å². The normalized spacial score (nSPS) is 14.2. The summed E-state index contributed by atoms with van der Waals surface area (Å²) in [6.07, 6.45) is 0.406. The molecule has 0 bridgehead atoms. The van der Waals surface area contributed by atoms with Crippen molar-refractivity contribution in [1.82, 2.24) is 14.7 Å². The molecule has 0 saturated carbocycles. The first kappa shape index (κ1) is 22.5. The highest BCUT2D eigenvalue weighted by Crippen LogP contribution is 2.13. The summed E-state index contributed by atoms with van der Waals surface area (Å²) in [5.41, 5.74) is 3.33. The number of rotatable bonds is 6. The van der Waals surface area contributed by atoms with E-state index in [0.29, 0.717) is 43.9 Å². The summed E-state index contributed by atoms with van der Waals surface area (Å²) in [7, 11) is 3.39. The second kappa shape index (κ2) is 10.2. The third-order valence-corrected chi connectivity index (χ3v) is 5.37. The van der Waals surface area contributed by atoms with Crippen molar-refractivity contribution in [2.24, 2.45) is 0 Å². The van der Waals surface area contributed by atoms with Gasteiger partial charge in [-0.05, 0) is 30.7 Å². The van der Waals surface area contributed by atoms with Crippen LogP contribution in [0.15, 0.2) is 48.5 Å². The molecule has 0 aromatic heterocycles. The number of nitrogens with zero attached hydrogens (tertiary/aromatic N) is 3. The monoisotopic (exact) mass is 422 g/mol. The molecule has 3 rings (SSSR count). The lowest BCUT2D eigenvalue weighted by Gasteiger charge is -2.34. The van der Waals surface area contributed by atoms with Gasteiger partial charge in [0.1, 0.15) is 0 Å². The molecule has 7 nitrogen and oxygen atoms in total. The largest absolute Gasteiger partial charge is 0.345 e. The molecule has 31 heavy (non-hydrogen) atoms. The van der Waals surface area contributed by atoms with Crippen molar-refractivity contribution in [2.75, 3.05) is 52.1 Å². The molecule has 7 heteroatoms. The summed E-state index contributed by atoms with van der Waals surface area (Å²) in [4.78, 5) is 42.5. The molecule has 0 radical (unpaired) electrons. The number of amides is 3. The summed E-state index contributed by atoms with van der Waals surface area (Å²) < 4.78 is 0. The van der Waals surface area contributed by atoms with Gasteiger partial charge >= 0.3 is 0 Å². The first-order valence-electron chi connectivity index (χ1n) is 10.5. The van der Waals surface area contributed by atoms with E-state index >= 15 is 0 Å². The molecular weight excluding hydrogens is 392 g/mol. The second-order valence-corrected chi connectivity index (χ2v) is 8.15. The average molecular weight is 423 g/mol. The van der Waals surface area contributed by atoms with Crippen LogP contribution in [-0.4, -0.2) is 79.2 Å². The molecule has 0 spiro atoms. The Bertz CT molecular complexity index is 932. The number of nitrogens with one attached hydrogen (secondary N) is 1. The lowest BCUT2D eigenvalue weighted by Crippen LogP contribution is -2.50. The maximum Gasteiger partial charge on any atom is 0.253 e. The molecule has 2 aromatic rings. The number of benzene rings is 2. The van der Waals surface area contributed by atoms with E-state index in [1.807, 2.05) is 41.0 Å². The summed E-state index contributed by atoms with van der Waals surface area (Å²) in [6.45, 7) is 4.83. The Balaban J connectivity index is 1.45. The van der Waals surface area contributed by atoms with Gasteiger partial charge in [-0.3, -0.25) is 19.3 Å². The molecule has 0 unspecified atom stereocenters. The molecule has 1 fully saturated rings. The van der Waals surface area contributed by atoms with Crippen LogP contribution < -0.4 is 5.32 Å². The number of carbonyl (C=O) groups is 3. The predicted octanol–water partition coefficient (Wildman–Crippen LogP) is 2.02. The van der Waals surface area contributed by atoms with Crippen LogP contribution >= 0.6 is 0 Å². The van der Waals surface area contributed by atoms with Crippen molar-refractivity contribution in [1.29, 1.82) is 0 Å². The van der Waals surface area contributed by atoms with E-state index in [4.69, 9.17) is 0 Å². The highest BCUT2D eigenvalue weighted by molar-refractivity contribution is 5.97. The third kappa shape index (κ3) is 6.39. The van der Waals surface area contributed by atoms with E-state index in [0.717, 1.165) is 5.56 Å². The standard InChI is InChI=1S/C24H30N4O3/c1-18-7-9-19(10-8-18)15-23(30)28-13-11-27(12-14-28)17-22(29)25-21-6-4-5-20(16-21)24(31)26(2)3/h4-10,16H,11-15,17H2,1-3H3,(H,25,29). The van der Waals surface area contributed by atoms with Gasteiger partial charge in [0.25, 0.3) is 5.91 Å². The van der Waals surface area contributed by atoms with Gasteiger partial charge in [0.15, 0.2) is 0 Å². The SMILES string of the molecule is Cc1ccc(CC(=O)N2CCN(CC(=O)Nc3cccc(C(=O)N(C)C)c3)CC2)cc1. The van der Waals surface area contributed by atoms with E-state index in [-0.39, 0.29) is 24.3 Å². The highest BCUT2D eigenvalue weighted by Gasteiger charge is 2.22. The number of aryl methyl sites for hydroxylation is 1. The molecule has 1 heterocycles.